The van der Waals surface area contributed by atoms with Crippen molar-refractivity contribution in [1.29, 1.82) is 0 Å². The quantitative estimate of drug-likeness (QED) is 0.393. The van der Waals surface area contributed by atoms with Crippen molar-refractivity contribution in [1.82, 2.24) is 0 Å². The minimum atomic E-state index is -1.16. The SMILES string of the molecule is COC(=O)C1(Cl)OC12CC1CCC(C1)C2. The first kappa shape index (κ1) is 9.91. The van der Waals surface area contributed by atoms with Crippen LogP contribution in [0.4, 0.5) is 0 Å². The molecule has 0 aromatic rings. The fraction of sp³-hybridized carbons (Fsp3) is 0.909. The summed E-state index contributed by atoms with van der Waals surface area (Å²) in [6.45, 7) is 0. The van der Waals surface area contributed by atoms with Gasteiger partial charge in [0.1, 0.15) is 5.60 Å². The van der Waals surface area contributed by atoms with E-state index >= 15 is 0 Å². The molecule has 4 heteroatoms. The van der Waals surface area contributed by atoms with Crippen LogP contribution in [0, 0.1) is 11.8 Å². The van der Waals surface area contributed by atoms with Crippen LogP contribution in [0.25, 0.3) is 0 Å². The minimum absolute atomic E-state index is 0.397. The highest BCUT2D eigenvalue weighted by molar-refractivity contribution is 6.36. The smallest absolute Gasteiger partial charge is 0.357 e. The lowest BCUT2D eigenvalue weighted by molar-refractivity contribution is -0.143. The highest BCUT2D eigenvalue weighted by Gasteiger charge is 2.76. The molecule has 0 N–H and O–H groups in total. The summed E-state index contributed by atoms with van der Waals surface area (Å²) in [4.78, 5) is 11.5. The van der Waals surface area contributed by atoms with Gasteiger partial charge < -0.3 is 9.47 Å². The molecule has 2 aliphatic carbocycles. The van der Waals surface area contributed by atoms with Crippen LogP contribution in [-0.2, 0) is 14.3 Å². The number of ether oxygens (including phenoxy) is 2. The zero-order valence-electron chi connectivity index (χ0n) is 8.79. The van der Waals surface area contributed by atoms with Crippen molar-refractivity contribution in [2.45, 2.75) is 42.8 Å². The van der Waals surface area contributed by atoms with Crippen molar-refractivity contribution in [3.63, 3.8) is 0 Å². The number of hydrogen-bond donors (Lipinski definition) is 0. The van der Waals surface area contributed by atoms with Gasteiger partial charge in [-0.05, 0) is 31.1 Å². The van der Waals surface area contributed by atoms with Gasteiger partial charge in [0.25, 0.3) is 5.06 Å². The molecule has 0 amide bonds. The number of methoxy groups -OCH3 is 1. The van der Waals surface area contributed by atoms with E-state index in [2.05, 4.69) is 0 Å². The van der Waals surface area contributed by atoms with Gasteiger partial charge in [-0.1, -0.05) is 24.4 Å². The Labute approximate surface area is 94.1 Å². The molecule has 0 radical (unpaired) electrons. The van der Waals surface area contributed by atoms with Gasteiger partial charge in [0.15, 0.2) is 0 Å². The molecule has 1 spiro atoms. The summed E-state index contributed by atoms with van der Waals surface area (Å²) in [5.41, 5.74) is -0.397. The second kappa shape index (κ2) is 2.89. The molecule has 0 aromatic heterocycles. The number of rotatable bonds is 1. The van der Waals surface area contributed by atoms with Crippen molar-refractivity contribution < 1.29 is 14.3 Å². The molecule has 0 aromatic carbocycles. The third-order valence-electron chi connectivity index (χ3n) is 4.21. The summed E-state index contributed by atoms with van der Waals surface area (Å²) in [6, 6.07) is 0. The van der Waals surface area contributed by atoms with Gasteiger partial charge in [-0.25, -0.2) is 4.79 Å². The number of esters is 1. The van der Waals surface area contributed by atoms with E-state index in [1.54, 1.807) is 0 Å². The second-order valence-corrected chi connectivity index (χ2v) is 5.67. The first-order valence-electron chi connectivity index (χ1n) is 5.57. The molecular weight excluding hydrogens is 216 g/mol. The summed E-state index contributed by atoms with van der Waals surface area (Å²) in [6.07, 6.45) is 5.69. The average molecular weight is 231 g/mol. The van der Waals surface area contributed by atoms with Crippen molar-refractivity contribution in [2.75, 3.05) is 7.11 Å². The van der Waals surface area contributed by atoms with Gasteiger partial charge in [0.2, 0.25) is 0 Å². The topological polar surface area (TPSA) is 38.8 Å². The minimum Gasteiger partial charge on any atom is -0.466 e. The molecule has 15 heavy (non-hydrogen) atoms. The lowest BCUT2D eigenvalue weighted by atomic mass is 9.78. The van der Waals surface area contributed by atoms with Crippen molar-refractivity contribution in [2.24, 2.45) is 11.8 Å². The summed E-state index contributed by atoms with van der Waals surface area (Å²) in [5.74, 6) is 0.980. The molecule has 1 saturated heterocycles. The van der Waals surface area contributed by atoms with Crippen LogP contribution in [-0.4, -0.2) is 23.7 Å². The molecule has 3 nitrogen and oxygen atoms in total. The molecular formula is C11H15ClO3. The first-order chi connectivity index (χ1) is 7.10. The average Bonchev–Trinajstić information content (AvgIpc) is 2.60. The van der Waals surface area contributed by atoms with Crippen LogP contribution < -0.4 is 0 Å². The standard InChI is InChI=1S/C11H15ClO3/c1-14-9(13)11(12)10(15-11)5-7-2-3-8(4-7)6-10/h7-8H,2-6H2,1H3. The van der Waals surface area contributed by atoms with Gasteiger partial charge in [-0.15, -0.1) is 0 Å². The molecule has 84 valence electrons. The van der Waals surface area contributed by atoms with E-state index in [-0.39, 0.29) is 0 Å². The number of hydrogen-bond acceptors (Lipinski definition) is 3. The zero-order chi connectivity index (χ0) is 10.7. The molecule has 3 atom stereocenters. The number of fused-ring (bicyclic) bond motifs is 2. The molecule has 1 aliphatic heterocycles. The first-order valence-corrected chi connectivity index (χ1v) is 5.95. The monoisotopic (exact) mass is 230 g/mol. The molecule has 3 unspecified atom stereocenters. The van der Waals surface area contributed by atoms with E-state index in [0.29, 0.717) is 11.8 Å². The predicted molar refractivity (Wildman–Crippen MR) is 54.5 cm³/mol. The van der Waals surface area contributed by atoms with Crippen molar-refractivity contribution >= 4 is 17.6 Å². The highest BCUT2D eigenvalue weighted by atomic mass is 35.5. The Morgan fingerprint density at radius 1 is 1.40 bits per heavy atom. The van der Waals surface area contributed by atoms with Crippen LogP contribution in [0.15, 0.2) is 0 Å². The fourth-order valence-corrected chi connectivity index (χ4v) is 3.89. The van der Waals surface area contributed by atoms with E-state index < -0.39 is 16.6 Å². The Morgan fingerprint density at radius 3 is 2.53 bits per heavy atom. The van der Waals surface area contributed by atoms with E-state index in [1.165, 1.54) is 26.4 Å². The van der Waals surface area contributed by atoms with E-state index in [9.17, 15) is 4.79 Å². The van der Waals surface area contributed by atoms with E-state index in [4.69, 9.17) is 21.1 Å². The summed E-state index contributed by atoms with van der Waals surface area (Å²) >= 11 is 6.19. The summed E-state index contributed by atoms with van der Waals surface area (Å²) in [5, 5.41) is -1.16. The van der Waals surface area contributed by atoms with Gasteiger partial charge in [0, 0.05) is 0 Å². The van der Waals surface area contributed by atoms with Crippen LogP contribution in [0.3, 0.4) is 0 Å². The molecule has 1 heterocycles. The molecule has 3 aliphatic rings. The fourth-order valence-electron chi connectivity index (χ4n) is 3.51. The molecule has 2 bridgehead atoms. The molecule has 2 saturated carbocycles. The molecule has 3 rings (SSSR count). The highest BCUT2D eigenvalue weighted by Crippen LogP contribution is 2.64. The predicted octanol–water partition coefficient (Wildman–Crippen LogP) is 2.07. The maximum absolute atomic E-state index is 11.5. The maximum atomic E-state index is 11.5. The Hall–Kier alpha value is -0.280. The Morgan fingerprint density at radius 2 is 2.00 bits per heavy atom. The number of epoxide rings is 1. The lowest BCUT2D eigenvalue weighted by Gasteiger charge is -2.25. The number of alkyl halides is 1. The Balaban J connectivity index is 1.81. The number of carbonyl (C=O) groups excluding carboxylic acids is 1. The third kappa shape index (κ3) is 1.19. The van der Waals surface area contributed by atoms with Gasteiger partial charge in [0.05, 0.1) is 7.11 Å². The summed E-state index contributed by atoms with van der Waals surface area (Å²) < 4.78 is 10.3. The van der Waals surface area contributed by atoms with Crippen LogP contribution in [0.1, 0.15) is 32.1 Å². The maximum Gasteiger partial charge on any atom is 0.357 e. The summed E-state index contributed by atoms with van der Waals surface area (Å²) in [7, 11) is 1.36. The lowest BCUT2D eigenvalue weighted by Crippen LogP contribution is -2.35. The van der Waals surface area contributed by atoms with E-state index in [0.717, 1.165) is 12.8 Å². The van der Waals surface area contributed by atoms with Gasteiger partial charge in [-0.3, -0.25) is 0 Å². The van der Waals surface area contributed by atoms with Crippen LogP contribution in [0.2, 0.25) is 0 Å². The van der Waals surface area contributed by atoms with Gasteiger partial charge in [-0.2, -0.15) is 0 Å². The van der Waals surface area contributed by atoms with Crippen LogP contribution in [0.5, 0.6) is 0 Å². The Bertz CT molecular complexity index is 305. The van der Waals surface area contributed by atoms with Crippen LogP contribution >= 0.6 is 11.6 Å². The third-order valence-corrected chi connectivity index (χ3v) is 4.79. The number of halogens is 1. The normalized spacial score (nSPS) is 51.9. The number of carbonyl (C=O) groups is 1. The van der Waals surface area contributed by atoms with Crippen molar-refractivity contribution in [3.8, 4) is 0 Å². The van der Waals surface area contributed by atoms with Gasteiger partial charge >= 0.3 is 5.97 Å². The van der Waals surface area contributed by atoms with Crippen molar-refractivity contribution in [3.05, 3.63) is 0 Å². The zero-order valence-corrected chi connectivity index (χ0v) is 9.55. The molecule has 3 fully saturated rings. The second-order valence-electron chi connectivity index (χ2n) is 5.14. The van der Waals surface area contributed by atoms with E-state index in [1.807, 2.05) is 0 Å². The largest absolute Gasteiger partial charge is 0.466 e. The Kier molecular flexibility index (Phi) is 1.91.